The number of carbonyl (C=O) groups excluding carboxylic acids is 2. The van der Waals surface area contributed by atoms with E-state index in [0.717, 1.165) is 22.2 Å². The minimum atomic E-state index is -2.55. The molecule has 5 rings (SSSR count). The number of hydrogen-bond donors (Lipinski definition) is 0. The van der Waals surface area contributed by atoms with Crippen molar-refractivity contribution >= 4 is 53.8 Å². The van der Waals surface area contributed by atoms with Crippen LogP contribution < -0.4 is 0 Å². The van der Waals surface area contributed by atoms with Gasteiger partial charge in [-0.1, -0.05) is 61.2 Å². The van der Waals surface area contributed by atoms with Crippen molar-refractivity contribution in [2.45, 2.75) is 47.0 Å². The zero-order chi connectivity index (χ0) is 26.7. The van der Waals surface area contributed by atoms with Crippen molar-refractivity contribution < 1.29 is 38.5 Å². The molecule has 0 atom stereocenters. The van der Waals surface area contributed by atoms with Gasteiger partial charge >= 0.3 is 0 Å². The van der Waals surface area contributed by atoms with E-state index in [1.54, 1.807) is 35.7 Å². The van der Waals surface area contributed by atoms with E-state index in [1.165, 1.54) is 29.5 Å². The molecule has 0 saturated heterocycles. The maximum Gasteiger partial charge on any atom is 0.251 e. The number of benzene rings is 3. The van der Waals surface area contributed by atoms with Crippen LogP contribution in [0.15, 0.2) is 60.8 Å². The third-order valence-corrected chi connectivity index (χ3v) is 7.22. The van der Waals surface area contributed by atoms with E-state index in [2.05, 4.69) is 43.1 Å². The molecule has 2 aromatic heterocycles. The molecular weight excluding hydrogens is 681 g/mol. The Bertz CT molecular complexity index is 1600. The predicted molar refractivity (Wildman–Crippen MR) is 148 cm³/mol. The standard InChI is InChI=1S/C26H20F2NS.C5H8O2.Ir/c1-15(2)12-17-7-5-9-20-21-10-11-29-23(25(21)30-24(17)20)18-13-16-6-3-4-8-19(16)22(14-18)26(27)28;1-4(6)3-5(2)7;/h3-11,14-15,26H,12H2,1-2H3;3H2,1-2H3;/q-1;;. The summed E-state index contributed by atoms with van der Waals surface area (Å²) >= 11 is 1.70. The molecule has 199 valence electrons. The molecule has 38 heavy (non-hydrogen) atoms. The van der Waals surface area contributed by atoms with Crippen LogP contribution in [-0.4, -0.2) is 16.6 Å². The van der Waals surface area contributed by atoms with Crippen LogP contribution in [0, 0.1) is 12.0 Å². The van der Waals surface area contributed by atoms with Crippen LogP contribution in [-0.2, 0) is 36.1 Å². The smallest absolute Gasteiger partial charge is 0.251 e. The van der Waals surface area contributed by atoms with E-state index < -0.39 is 6.43 Å². The largest absolute Gasteiger partial charge is 0.300 e. The number of thiophene rings is 1. The minimum absolute atomic E-state index is 0. The molecule has 1 radical (unpaired) electrons. The fourth-order valence-corrected chi connectivity index (χ4v) is 5.81. The van der Waals surface area contributed by atoms with Gasteiger partial charge in [0.05, 0.1) is 6.42 Å². The molecule has 0 bridgehead atoms. The van der Waals surface area contributed by atoms with E-state index in [9.17, 15) is 18.4 Å². The Morgan fingerprint density at radius 1 is 0.921 bits per heavy atom. The van der Waals surface area contributed by atoms with E-state index in [0.29, 0.717) is 22.3 Å². The Kier molecular flexibility index (Phi) is 9.99. The van der Waals surface area contributed by atoms with Crippen molar-refractivity contribution in [2.75, 3.05) is 0 Å². The number of fused-ring (bicyclic) bond motifs is 4. The second-order valence-electron chi connectivity index (χ2n) is 9.60. The number of ketones is 2. The zero-order valence-electron chi connectivity index (χ0n) is 21.6. The van der Waals surface area contributed by atoms with Crippen LogP contribution in [0.1, 0.15) is 51.7 Å². The Hall–Kier alpha value is -2.86. The number of nitrogens with zero attached hydrogens (tertiary/aromatic N) is 1. The van der Waals surface area contributed by atoms with Crippen molar-refractivity contribution in [3.8, 4) is 11.3 Å². The molecule has 2 heterocycles. The van der Waals surface area contributed by atoms with E-state index in [4.69, 9.17) is 0 Å². The summed E-state index contributed by atoms with van der Waals surface area (Å²) in [5, 5.41) is 3.54. The first kappa shape index (κ1) is 29.7. The molecule has 0 aliphatic rings. The van der Waals surface area contributed by atoms with E-state index in [-0.39, 0.29) is 43.7 Å². The number of pyridine rings is 1. The monoisotopic (exact) mass is 709 g/mol. The summed E-state index contributed by atoms with van der Waals surface area (Å²) in [5.74, 6) is 0.431. The van der Waals surface area contributed by atoms with Crippen molar-refractivity contribution in [3.05, 3.63) is 78.0 Å². The number of Topliss-reactive ketones (excluding diaryl/α,β-unsaturated/α-hetero) is 2. The SMILES string of the molecule is CC(=O)CC(C)=O.CC(C)Cc1cccc2c1sc1c(-c3[c-]c4ccccc4c(C(F)F)c3)nccc12.[Ir]. The molecule has 0 unspecified atom stereocenters. The van der Waals surface area contributed by atoms with Gasteiger partial charge in [-0.2, -0.15) is 0 Å². The fraction of sp³-hybridized carbons (Fsp3) is 0.258. The summed E-state index contributed by atoms with van der Waals surface area (Å²) in [6.07, 6.45) is 0.302. The van der Waals surface area contributed by atoms with Gasteiger partial charge in [0.15, 0.2) is 0 Å². The topological polar surface area (TPSA) is 47.0 Å². The van der Waals surface area contributed by atoms with Gasteiger partial charge in [-0.25, -0.2) is 8.78 Å². The molecule has 0 aliphatic carbocycles. The number of alkyl halides is 2. The van der Waals surface area contributed by atoms with Crippen molar-refractivity contribution in [1.82, 2.24) is 4.98 Å². The van der Waals surface area contributed by atoms with Crippen LogP contribution >= 0.6 is 11.3 Å². The Morgan fingerprint density at radius 3 is 2.21 bits per heavy atom. The number of carbonyl (C=O) groups is 2. The number of aromatic nitrogens is 1. The van der Waals surface area contributed by atoms with E-state index in [1.807, 2.05) is 18.2 Å². The third kappa shape index (κ3) is 6.58. The summed E-state index contributed by atoms with van der Waals surface area (Å²) in [5.41, 5.74) is 2.69. The van der Waals surface area contributed by atoms with Gasteiger partial charge in [0.1, 0.15) is 11.6 Å². The van der Waals surface area contributed by atoms with Gasteiger partial charge in [0.25, 0.3) is 6.43 Å². The van der Waals surface area contributed by atoms with Gasteiger partial charge in [-0.15, -0.1) is 34.9 Å². The number of rotatable bonds is 6. The summed E-state index contributed by atoms with van der Waals surface area (Å²) in [6, 6.07) is 20.5. The molecule has 0 fully saturated rings. The van der Waals surface area contributed by atoms with Gasteiger partial charge in [0.2, 0.25) is 0 Å². The van der Waals surface area contributed by atoms with Gasteiger partial charge in [0, 0.05) is 46.8 Å². The van der Waals surface area contributed by atoms with Crippen LogP contribution in [0.4, 0.5) is 8.78 Å². The quantitative estimate of drug-likeness (QED) is 0.131. The van der Waals surface area contributed by atoms with Gasteiger partial charge < -0.3 is 0 Å². The average Bonchev–Trinajstić information content (AvgIpc) is 3.22. The maximum atomic E-state index is 13.8. The summed E-state index contributed by atoms with van der Waals surface area (Å²) in [7, 11) is 0. The van der Waals surface area contributed by atoms with Crippen LogP contribution in [0.25, 0.3) is 42.2 Å². The van der Waals surface area contributed by atoms with Gasteiger partial charge in [-0.05, 0) is 48.8 Å². The minimum Gasteiger partial charge on any atom is -0.300 e. The predicted octanol–water partition coefficient (Wildman–Crippen LogP) is 8.76. The van der Waals surface area contributed by atoms with Crippen molar-refractivity contribution in [1.29, 1.82) is 0 Å². The molecule has 0 N–H and O–H groups in total. The summed E-state index contributed by atoms with van der Waals surface area (Å²) in [4.78, 5) is 24.7. The Balaban J connectivity index is 0.000000444. The third-order valence-electron chi connectivity index (χ3n) is 5.92. The summed E-state index contributed by atoms with van der Waals surface area (Å²) < 4.78 is 29.9. The second-order valence-corrected chi connectivity index (χ2v) is 10.6. The van der Waals surface area contributed by atoms with E-state index >= 15 is 0 Å². The van der Waals surface area contributed by atoms with Crippen molar-refractivity contribution in [3.63, 3.8) is 0 Å². The molecule has 0 saturated carbocycles. The number of hydrogen-bond acceptors (Lipinski definition) is 4. The van der Waals surface area contributed by atoms with Crippen LogP contribution in [0.5, 0.6) is 0 Å². The molecule has 5 aromatic rings. The molecule has 7 heteroatoms. The normalized spacial score (nSPS) is 11.1. The first-order valence-corrected chi connectivity index (χ1v) is 13.0. The molecule has 0 spiro atoms. The Labute approximate surface area is 238 Å². The summed E-state index contributed by atoms with van der Waals surface area (Å²) in [6.45, 7) is 7.24. The van der Waals surface area contributed by atoms with Gasteiger partial charge in [-0.3, -0.25) is 14.6 Å². The fourth-order valence-electron chi connectivity index (χ4n) is 4.49. The average molecular weight is 709 g/mol. The van der Waals surface area contributed by atoms with Crippen LogP contribution in [0.3, 0.4) is 0 Å². The maximum absolute atomic E-state index is 13.8. The van der Waals surface area contributed by atoms with Crippen molar-refractivity contribution in [2.24, 2.45) is 5.92 Å². The first-order valence-electron chi connectivity index (χ1n) is 12.2. The zero-order valence-corrected chi connectivity index (χ0v) is 24.8. The first-order chi connectivity index (χ1) is 17.7. The Morgan fingerprint density at radius 2 is 1.58 bits per heavy atom. The molecule has 3 nitrogen and oxygen atoms in total. The second kappa shape index (κ2) is 12.8. The number of halogens is 2. The molecule has 0 amide bonds. The molecular formula is C31H28F2IrNO2S-. The molecule has 3 aromatic carbocycles. The molecule has 0 aliphatic heterocycles. The van der Waals surface area contributed by atoms with Crippen LogP contribution in [0.2, 0.25) is 0 Å².